The van der Waals surface area contributed by atoms with Gasteiger partial charge in [-0.25, -0.2) is 8.78 Å². The Bertz CT molecular complexity index is 898. The molecule has 1 saturated heterocycles. The number of hydrogen-bond acceptors (Lipinski definition) is 3. The lowest BCUT2D eigenvalue weighted by molar-refractivity contribution is 0.0473. The highest BCUT2D eigenvalue weighted by molar-refractivity contribution is 6.04. The van der Waals surface area contributed by atoms with Crippen LogP contribution < -0.4 is 10.1 Å². The summed E-state index contributed by atoms with van der Waals surface area (Å²) in [4.78, 5) is 14.5. The summed E-state index contributed by atoms with van der Waals surface area (Å²) in [6.45, 7) is 1.95. The standard InChI is InChI=1S/C21H20F2N2O2/c1-25-11-9-21(10-12-25)8-7-14-13-15(5-6-18(14)27-21)24-20(26)19-16(22)3-2-4-17(19)23/h2-8,13H,9-12H2,1H3,(H,24,26). The predicted molar refractivity (Wildman–Crippen MR) is 99.9 cm³/mol. The minimum Gasteiger partial charge on any atom is -0.482 e. The molecule has 4 rings (SSSR count). The van der Waals surface area contributed by atoms with Gasteiger partial charge in [-0.1, -0.05) is 12.1 Å². The van der Waals surface area contributed by atoms with E-state index < -0.39 is 23.1 Å². The van der Waals surface area contributed by atoms with Gasteiger partial charge in [-0.05, 0) is 43.5 Å². The smallest absolute Gasteiger partial charge is 0.261 e. The second-order valence-electron chi connectivity index (χ2n) is 7.11. The first kappa shape index (κ1) is 17.7. The van der Waals surface area contributed by atoms with Crippen LogP contribution in [0, 0.1) is 11.6 Å². The number of halogens is 2. The van der Waals surface area contributed by atoms with Crippen LogP contribution in [-0.2, 0) is 0 Å². The minimum absolute atomic E-state index is 0.277. The molecule has 0 atom stereocenters. The Morgan fingerprint density at radius 2 is 1.85 bits per heavy atom. The zero-order chi connectivity index (χ0) is 19.0. The van der Waals surface area contributed by atoms with Crippen molar-refractivity contribution in [2.24, 2.45) is 0 Å². The first-order valence-electron chi connectivity index (χ1n) is 8.92. The molecule has 27 heavy (non-hydrogen) atoms. The van der Waals surface area contributed by atoms with Gasteiger partial charge >= 0.3 is 0 Å². The van der Waals surface area contributed by atoms with Crippen molar-refractivity contribution >= 4 is 17.7 Å². The van der Waals surface area contributed by atoms with Gasteiger partial charge < -0.3 is 15.0 Å². The number of rotatable bonds is 2. The number of ether oxygens (including phenoxy) is 1. The fourth-order valence-electron chi connectivity index (χ4n) is 3.52. The lowest BCUT2D eigenvalue weighted by Gasteiger charge is -2.40. The van der Waals surface area contributed by atoms with Crippen LogP contribution in [0.15, 0.2) is 42.5 Å². The highest BCUT2D eigenvalue weighted by Crippen LogP contribution is 2.38. The Kier molecular flexibility index (Phi) is 4.44. The quantitative estimate of drug-likeness (QED) is 0.866. The van der Waals surface area contributed by atoms with E-state index in [0.29, 0.717) is 5.69 Å². The van der Waals surface area contributed by atoms with Gasteiger partial charge in [0.15, 0.2) is 0 Å². The summed E-state index contributed by atoms with van der Waals surface area (Å²) in [6.07, 6.45) is 5.91. The number of carbonyl (C=O) groups is 1. The predicted octanol–water partition coefficient (Wildman–Crippen LogP) is 4.09. The molecule has 6 heteroatoms. The SMILES string of the molecule is CN1CCC2(C=Cc3cc(NC(=O)c4c(F)cccc4F)ccc3O2)CC1. The highest BCUT2D eigenvalue weighted by Gasteiger charge is 2.35. The maximum absolute atomic E-state index is 13.8. The topological polar surface area (TPSA) is 41.6 Å². The largest absolute Gasteiger partial charge is 0.482 e. The van der Waals surface area contributed by atoms with E-state index in [1.165, 1.54) is 6.07 Å². The van der Waals surface area contributed by atoms with Crippen molar-refractivity contribution in [3.8, 4) is 5.75 Å². The summed E-state index contributed by atoms with van der Waals surface area (Å²) >= 11 is 0. The van der Waals surface area contributed by atoms with E-state index in [4.69, 9.17) is 4.74 Å². The lowest BCUT2D eigenvalue weighted by atomic mass is 9.88. The van der Waals surface area contributed by atoms with Crippen molar-refractivity contribution in [3.63, 3.8) is 0 Å². The molecule has 0 unspecified atom stereocenters. The number of carbonyl (C=O) groups excluding carboxylic acids is 1. The number of amides is 1. The number of benzene rings is 2. The second-order valence-corrected chi connectivity index (χ2v) is 7.11. The summed E-state index contributed by atoms with van der Waals surface area (Å²) < 4.78 is 33.8. The number of nitrogens with zero attached hydrogens (tertiary/aromatic N) is 1. The molecule has 4 nitrogen and oxygen atoms in total. The first-order chi connectivity index (χ1) is 13.0. The molecule has 2 aliphatic rings. The molecule has 1 N–H and O–H groups in total. The monoisotopic (exact) mass is 370 g/mol. The molecule has 0 aliphatic carbocycles. The van der Waals surface area contributed by atoms with Crippen molar-refractivity contribution in [3.05, 3.63) is 65.2 Å². The van der Waals surface area contributed by atoms with Crippen LogP contribution in [0.2, 0.25) is 0 Å². The van der Waals surface area contributed by atoms with Crippen molar-refractivity contribution in [2.75, 3.05) is 25.5 Å². The van der Waals surface area contributed by atoms with Crippen LogP contribution in [0.5, 0.6) is 5.75 Å². The maximum Gasteiger partial charge on any atom is 0.261 e. The average molecular weight is 370 g/mol. The number of anilines is 1. The maximum atomic E-state index is 13.8. The number of piperidine rings is 1. The van der Waals surface area contributed by atoms with E-state index >= 15 is 0 Å². The molecule has 2 aromatic carbocycles. The van der Waals surface area contributed by atoms with Crippen molar-refractivity contribution in [1.29, 1.82) is 0 Å². The molecule has 0 saturated carbocycles. The Balaban J connectivity index is 1.53. The normalized spacial score (nSPS) is 18.0. The van der Waals surface area contributed by atoms with Crippen molar-refractivity contribution in [1.82, 2.24) is 4.90 Å². The number of nitrogens with one attached hydrogen (secondary N) is 1. The minimum atomic E-state index is -0.891. The summed E-state index contributed by atoms with van der Waals surface area (Å²) in [7, 11) is 2.10. The van der Waals surface area contributed by atoms with Gasteiger partial charge in [-0.15, -0.1) is 0 Å². The molecule has 2 aromatic rings. The van der Waals surface area contributed by atoms with Gasteiger partial charge in [-0.2, -0.15) is 0 Å². The molecule has 1 fully saturated rings. The fraction of sp³-hybridized carbons (Fsp3) is 0.286. The van der Waals surface area contributed by atoms with Crippen molar-refractivity contribution in [2.45, 2.75) is 18.4 Å². The van der Waals surface area contributed by atoms with Crippen LogP contribution in [0.1, 0.15) is 28.8 Å². The van der Waals surface area contributed by atoms with Crippen molar-refractivity contribution < 1.29 is 18.3 Å². The van der Waals surface area contributed by atoms with Crippen LogP contribution >= 0.6 is 0 Å². The highest BCUT2D eigenvalue weighted by atomic mass is 19.1. The number of likely N-dealkylation sites (tertiary alicyclic amines) is 1. The van der Waals surface area contributed by atoms with Gasteiger partial charge in [0.05, 0.1) is 0 Å². The molecule has 140 valence electrons. The summed E-state index contributed by atoms with van der Waals surface area (Å²) in [5.74, 6) is -1.86. The van der Waals surface area contributed by atoms with E-state index in [2.05, 4.69) is 23.3 Å². The Morgan fingerprint density at radius 3 is 2.56 bits per heavy atom. The van der Waals surface area contributed by atoms with E-state index in [1.807, 2.05) is 6.08 Å². The third kappa shape index (κ3) is 3.45. The molecule has 0 bridgehead atoms. The molecular formula is C21H20F2N2O2. The van der Waals surface area contributed by atoms with E-state index in [0.717, 1.165) is 49.4 Å². The number of fused-ring (bicyclic) bond motifs is 1. The van der Waals surface area contributed by atoms with Gasteiger partial charge in [0.2, 0.25) is 0 Å². The van der Waals surface area contributed by atoms with Crippen LogP contribution in [0.3, 0.4) is 0 Å². The molecule has 2 aliphatic heterocycles. The van der Waals surface area contributed by atoms with Crippen LogP contribution in [0.25, 0.3) is 6.08 Å². The van der Waals surface area contributed by atoms with Gasteiger partial charge in [0, 0.05) is 37.2 Å². The molecular weight excluding hydrogens is 350 g/mol. The Hall–Kier alpha value is -2.73. The second kappa shape index (κ2) is 6.78. The Labute approximate surface area is 156 Å². The summed E-state index contributed by atoms with van der Waals surface area (Å²) in [5.41, 5.74) is 0.410. The third-order valence-corrected chi connectivity index (χ3v) is 5.17. The average Bonchev–Trinajstić information content (AvgIpc) is 2.64. The summed E-state index contributed by atoms with van der Waals surface area (Å²) in [5, 5.41) is 2.55. The van der Waals surface area contributed by atoms with E-state index in [-0.39, 0.29) is 5.60 Å². The molecule has 0 radical (unpaired) electrons. The molecule has 2 heterocycles. The Morgan fingerprint density at radius 1 is 1.15 bits per heavy atom. The van der Waals surface area contributed by atoms with Crippen LogP contribution in [-0.4, -0.2) is 36.5 Å². The zero-order valence-electron chi connectivity index (χ0n) is 15.0. The van der Waals surface area contributed by atoms with Gasteiger partial charge in [-0.3, -0.25) is 4.79 Å². The number of hydrogen-bond donors (Lipinski definition) is 1. The molecule has 0 aromatic heterocycles. The van der Waals surface area contributed by atoms with Crippen LogP contribution in [0.4, 0.5) is 14.5 Å². The lowest BCUT2D eigenvalue weighted by Crippen LogP contribution is -2.46. The van der Waals surface area contributed by atoms with Gasteiger partial charge in [0.1, 0.15) is 28.5 Å². The molecule has 1 amide bonds. The third-order valence-electron chi connectivity index (χ3n) is 5.17. The van der Waals surface area contributed by atoms with Gasteiger partial charge in [0.25, 0.3) is 5.91 Å². The molecule has 1 spiro atoms. The van der Waals surface area contributed by atoms with E-state index in [1.54, 1.807) is 18.2 Å². The summed E-state index contributed by atoms with van der Waals surface area (Å²) in [6, 6.07) is 8.54. The first-order valence-corrected chi connectivity index (χ1v) is 8.92. The van der Waals surface area contributed by atoms with E-state index in [9.17, 15) is 13.6 Å². The zero-order valence-corrected chi connectivity index (χ0v) is 15.0. The fourth-order valence-corrected chi connectivity index (χ4v) is 3.52.